The molecule has 62 valence electrons. The van der Waals surface area contributed by atoms with Crippen molar-refractivity contribution in [2.75, 3.05) is 19.8 Å². The zero-order valence-corrected chi connectivity index (χ0v) is 5.86. The SMILES string of the molecule is NN=C1COCCN1C(=O)O. The highest BCUT2D eigenvalue weighted by Crippen LogP contribution is 1.99. The zero-order chi connectivity index (χ0) is 8.27. The molecule has 1 aliphatic heterocycles. The predicted octanol–water partition coefficient (Wildman–Crippen LogP) is -0.731. The van der Waals surface area contributed by atoms with E-state index in [-0.39, 0.29) is 12.4 Å². The highest BCUT2D eigenvalue weighted by atomic mass is 16.5. The van der Waals surface area contributed by atoms with E-state index < -0.39 is 6.09 Å². The van der Waals surface area contributed by atoms with E-state index in [0.29, 0.717) is 13.2 Å². The minimum atomic E-state index is -1.04. The first-order valence-corrected chi connectivity index (χ1v) is 3.10. The fraction of sp³-hybridized carbons (Fsp3) is 0.600. The Morgan fingerprint density at radius 3 is 3.00 bits per heavy atom. The first-order chi connectivity index (χ1) is 5.25. The van der Waals surface area contributed by atoms with E-state index in [9.17, 15) is 4.79 Å². The summed E-state index contributed by atoms with van der Waals surface area (Å²) in [5.41, 5.74) is 0. The maximum absolute atomic E-state index is 10.5. The normalized spacial score (nSPS) is 22.2. The molecule has 1 fully saturated rings. The van der Waals surface area contributed by atoms with Crippen LogP contribution in [0.1, 0.15) is 0 Å². The van der Waals surface area contributed by atoms with Crippen LogP contribution in [0.2, 0.25) is 0 Å². The Kier molecular flexibility index (Phi) is 2.27. The lowest BCUT2D eigenvalue weighted by atomic mass is 10.4. The lowest BCUT2D eigenvalue weighted by Crippen LogP contribution is -2.45. The molecule has 0 atom stereocenters. The summed E-state index contributed by atoms with van der Waals surface area (Å²) in [6.07, 6.45) is -1.04. The predicted molar refractivity (Wildman–Crippen MR) is 37.2 cm³/mol. The number of nitrogens with zero attached hydrogens (tertiary/aromatic N) is 2. The molecule has 0 radical (unpaired) electrons. The Balaban J connectivity index is 2.67. The minimum absolute atomic E-state index is 0.169. The van der Waals surface area contributed by atoms with Crippen LogP contribution in [-0.2, 0) is 4.74 Å². The standard InChI is InChI=1S/C5H9N3O3/c6-7-4-3-11-2-1-8(4)5(9)10/h1-3,6H2,(H,9,10). The number of hydrazone groups is 1. The van der Waals surface area contributed by atoms with Gasteiger partial charge in [-0.25, -0.2) is 4.79 Å². The van der Waals surface area contributed by atoms with Crippen molar-refractivity contribution in [3.63, 3.8) is 0 Å². The quantitative estimate of drug-likeness (QED) is 0.360. The lowest BCUT2D eigenvalue weighted by Gasteiger charge is -2.24. The van der Waals surface area contributed by atoms with Crippen molar-refractivity contribution < 1.29 is 14.6 Å². The number of amides is 1. The first kappa shape index (κ1) is 7.80. The number of carbonyl (C=O) groups is 1. The summed E-state index contributed by atoms with van der Waals surface area (Å²) < 4.78 is 4.94. The van der Waals surface area contributed by atoms with Crippen LogP contribution in [-0.4, -0.2) is 41.7 Å². The molecule has 11 heavy (non-hydrogen) atoms. The van der Waals surface area contributed by atoms with Gasteiger partial charge in [0.2, 0.25) is 0 Å². The number of amidine groups is 1. The van der Waals surface area contributed by atoms with E-state index in [1.165, 1.54) is 0 Å². The van der Waals surface area contributed by atoms with Crippen molar-refractivity contribution in [1.29, 1.82) is 0 Å². The van der Waals surface area contributed by atoms with Crippen LogP contribution in [0.5, 0.6) is 0 Å². The van der Waals surface area contributed by atoms with Gasteiger partial charge >= 0.3 is 6.09 Å². The Hall–Kier alpha value is -1.30. The van der Waals surface area contributed by atoms with E-state index in [0.717, 1.165) is 4.90 Å². The van der Waals surface area contributed by atoms with Gasteiger partial charge in [-0.3, -0.25) is 4.90 Å². The maximum atomic E-state index is 10.5. The van der Waals surface area contributed by atoms with Crippen molar-refractivity contribution in [1.82, 2.24) is 4.90 Å². The van der Waals surface area contributed by atoms with Crippen LogP contribution in [0.25, 0.3) is 0 Å². The Morgan fingerprint density at radius 2 is 2.55 bits per heavy atom. The molecule has 1 rings (SSSR count). The van der Waals surface area contributed by atoms with Gasteiger partial charge in [-0.15, -0.1) is 0 Å². The van der Waals surface area contributed by atoms with E-state index in [4.69, 9.17) is 15.7 Å². The number of hydrogen-bond acceptors (Lipinski definition) is 4. The molecular formula is C5H9N3O3. The topological polar surface area (TPSA) is 88.2 Å². The van der Waals surface area contributed by atoms with Gasteiger partial charge in [0.05, 0.1) is 13.2 Å². The van der Waals surface area contributed by atoms with E-state index in [2.05, 4.69) is 5.10 Å². The Labute approximate surface area is 63.2 Å². The molecule has 0 aliphatic carbocycles. The number of carboxylic acid groups (broad SMARTS) is 1. The second-order valence-corrected chi connectivity index (χ2v) is 2.03. The lowest BCUT2D eigenvalue weighted by molar-refractivity contribution is 0.104. The molecule has 0 aromatic carbocycles. The summed E-state index contributed by atoms with van der Waals surface area (Å²) in [7, 11) is 0. The summed E-state index contributed by atoms with van der Waals surface area (Å²) in [6, 6.07) is 0. The molecule has 1 aliphatic rings. The highest BCUT2D eigenvalue weighted by molar-refractivity contribution is 5.95. The zero-order valence-electron chi connectivity index (χ0n) is 5.86. The van der Waals surface area contributed by atoms with Gasteiger partial charge in [0.1, 0.15) is 6.61 Å². The van der Waals surface area contributed by atoms with Crippen molar-refractivity contribution >= 4 is 11.9 Å². The summed E-state index contributed by atoms with van der Waals surface area (Å²) in [4.78, 5) is 11.5. The van der Waals surface area contributed by atoms with Crippen LogP contribution in [0.15, 0.2) is 5.10 Å². The van der Waals surface area contributed by atoms with Crippen LogP contribution in [0.4, 0.5) is 4.79 Å². The molecule has 3 N–H and O–H groups in total. The third-order valence-corrected chi connectivity index (χ3v) is 1.38. The smallest absolute Gasteiger partial charge is 0.412 e. The number of nitrogens with two attached hydrogens (primary N) is 1. The molecule has 0 aromatic heterocycles. The summed E-state index contributed by atoms with van der Waals surface area (Å²) in [6.45, 7) is 0.861. The van der Waals surface area contributed by atoms with Crippen molar-refractivity contribution in [2.45, 2.75) is 0 Å². The average molecular weight is 159 g/mol. The number of rotatable bonds is 0. The fourth-order valence-electron chi connectivity index (χ4n) is 0.839. The molecule has 1 amide bonds. The molecule has 0 spiro atoms. The maximum Gasteiger partial charge on any atom is 0.412 e. The second kappa shape index (κ2) is 3.20. The van der Waals surface area contributed by atoms with Gasteiger partial charge in [0, 0.05) is 0 Å². The number of ether oxygens (including phenoxy) is 1. The van der Waals surface area contributed by atoms with Crippen LogP contribution in [0.3, 0.4) is 0 Å². The first-order valence-electron chi connectivity index (χ1n) is 3.10. The molecule has 0 saturated carbocycles. The average Bonchev–Trinajstić information content (AvgIpc) is 2.04. The van der Waals surface area contributed by atoms with E-state index in [1.54, 1.807) is 0 Å². The molecule has 0 bridgehead atoms. The molecule has 1 saturated heterocycles. The molecular weight excluding hydrogens is 150 g/mol. The number of hydrogen-bond donors (Lipinski definition) is 2. The van der Waals surface area contributed by atoms with Gasteiger partial charge in [-0.2, -0.15) is 5.10 Å². The largest absolute Gasteiger partial charge is 0.465 e. The third kappa shape index (κ3) is 1.58. The van der Waals surface area contributed by atoms with Crippen molar-refractivity contribution in [2.24, 2.45) is 10.9 Å². The van der Waals surface area contributed by atoms with Crippen LogP contribution < -0.4 is 5.84 Å². The van der Waals surface area contributed by atoms with E-state index >= 15 is 0 Å². The molecule has 0 aromatic rings. The van der Waals surface area contributed by atoms with Crippen molar-refractivity contribution in [3.05, 3.63) is 0 Å². The third-order valence-electron chi connectivity index (χ3n) is 1.38. The fourth-order valence-corrected chi connectivity index (χ4v) is 0.839. The highest BCUT2D eigenvalue weighted by Gasteiger charge is 2.22. The van der Waals surface area contributed by atoms with Gasteiger partial charge in [0.15, 0.2) is 5.84 Å². The van der Waals surface area contributed by atoms with Gasteiger partial charge in [-0.1, -0.05) is 0 Å². The monoisotopic (exact) mass is 159 g/mol. The molecule has 6 heteroatoms. The minimum Gasteiger partial charge on any atom is -0.465 e. The molecule has 0 unspecified atom stereocenters. The summed E-state index contributed by atoms with van der Waals surface area (Å²) in [5, 5.41) is 11.9. The summed E-state index contributed by atoms with van der Waals surface area (Å²) >= 11 is 0. The molecule has 6 nitrogen and oxygen atoms in total. The van der Waals surface area contributed by atoms with Gasteiger partial charge in [0.25, 0.3) is 0 Å². The summed E-state index contributed by atoms with van der Waals surface area (Å²) in [5.74, 6) is 5.19. The van der Waals surface area contributed by atoms with Crippen LogP contribution in [0, 0.1) is 0 Å². The Morgan fingerprint density at radius 1 is 1.82 bits per heavy atom. The Bertz CT molecular complexity index is 191. The van der Waals surface area contributed by atoms with Gasteiger partial charge < -0.3 is 15.7 Å². The van der Waals surface area contributed by atoms with Crippen molar-refractivity contribution in [3.8, 4) is 0 Å². The number of morpholine rings is 1. The van der Waals surface area contributed by atoms with Crippen LogP contribution >= 0.6 is 0 Å². The van der Waals surface area contributed by atoms with Gasteiger partial charge in [-0.05, 0) is 0 Å². The second-order valence-electron chi connectivity index (χ2n) is 2.03. The van der Waals surface area contributed by atoms with E-state index in [1.807, 2.05) is 0 Å². The molecule has 1 heterocycles.